The van der Waals surface area contributed by atoms with Crippen molar-refractivity contribution in [2.75, 3.05) is 24.7 Å². The number of thioether (sulfide) groups is 1. The van der Waals surface area contributed by atoms with Gasteiger partial charge in [0, 0.05) is 17.4 Å². The Labute approximate surface area is 116 Å². The maximum Gasteiger partial charge on any atom is 0.138 e. The smallest absolute Gasteiger partial charge is 0.138 e. The Morgan fingerprint density at radius 1 is 1.41 bits per heavy atom. The van der Waals surface area contributed by atoms with Crippen LogP contribution in [0.4, 0.5) is 0 Å². The van der Waals surface area contributed by atoms with E-state index in [9.17, 15) is 0 Å². The summed E-state index contributed by atoms with van der Waals surface area (Å²) in [4.78, 5) is 0. The Kier molecular flexibility index (Phi) is 7.12. The van der Waals surface area contributed by atoms with Crippen LogP contribution in [0, 0.1) is 5.92 Å². The highest BCUT2D eigenvalue weighted by Crippen LogP contribution is 2.27. The van der Waals surface area contributed by atoms with E-state index in [1.54, 1.807) is 30.0 Å². The zero-order valence-corrected chi connectivity index (χ0v) is 12.0. The second-order valence-electron chi connectivity index (χ2n) is 3.79. The van der Waals surface area contributed by atoms with E-state index in [1.807, 2.05) is 6.92 Å². The summed E-state index contributed by atoms with van der Waals surface area (Å²) in [7, 11) is 0. The van der Waals surface area contributed by atoms with Crippen molar-refractivity contribution in [2.45, 2.75) is 6.92 Å². The third-order valence-corrected chi connectivity index (χ3v) is 3.88. The van der Waals surface area contributed by atoms with Gasteiger partial charge in [0.1, 0.15) is 5.75 Å². The lowest BCUT2D eigenvalue weighted by Gasteiger charge is -2.09. The molecule has 1 unspecified atom stereocenters. The van der Waals surface area contributed by atoms with Crippen molar-refractivity contribution in [1.82, 2.24) is 0 Å². The second kappa shape index (κ2) is 8.09. The van der Waals surface area contributed by atoms with Gasteiger partial charge in [-0.05, 0) is 29.9 Å². The third kappa shape index (κ3) is 5.87. The van der Waals surface area contributed by atoms with Gasteiger partial charge >= 0.3 is 0 Å². The largest absolute Gasteiger partial charge is 0.491 e. The van der Waals surface area contributed by atoms with Gasteiger partial charge in [0.25, 0.3) is 0 Å². The molecule has 0 fully saturated rings. The molecule has 0 aliphatic rings. The van der Waals surface area contributed by atoms with Crippen molar-refractivity contribution >= 4 is 35.0 Å². The average Bonchev–Trinajstić information content (AvgIpc) is 2.30. The van der Waals surface area contributed by atoms with Crippen LogP contribution in [0.2, 0.25) is 10.0 Å². The zero-order chi connectivity index (χ0) is 12.7. The molecule has 0 radical (unpaired) electrons. The zero-order valence-electron chi connectivity index (χ0n) is 9.66. The summed E-state index contributed by atoms with van der Waals surface area (Å²) in [6.45, 7) is 2.85. The quantitative estimate of drug-likeness (QED) is 0.777. The van der Waals surface area contributed by atoms with Crippen LogP contribution in [0.5, 0.6) is 5.75 Å². The first kappa shape index (κ1) is 15.0. The second-order valence-corrected chi connectivity index (χ2v) is 5.78. The van der Waals surface area contributed by atoms with Gasteiger partial charge < -0.3 is 9.84 Å². The maximum absolute atomic E-state index is 8.86. The third-order valence-electron chi connectivity index (χ3n) is 2.09. The average molecular weight is 295 g/mol. The number of benzene rings is 1. The molecular weight excluding hydrogens is 279 g/mol. The van der Waals surface area contributed by atoms with Crippen molar-refractivity contribution in [3.63, 3.8) is 0 Å². The molecule has 1 aromatic rings. The standard InChI is InChI=1S/C12H16Cl2O2S/c1-9(7-15)8-17-5-4-16-12-3-2-10(13)6-11(12)14/h2-3,6,9,15H,4-5,7-8H2,1H3. The number of hydrogen-bond donors (Lipinski definition) is 1. The van der Waals surface area contributed by atoms with Gasteiger partial charge in [0.2, 0.25) is 0 Å². The highest BCUT2D eigenvalue weighted by molar-refractivity contribution is 7.99. The van der Waals surface area contributed by atoms with Gasteiger partial charge in [-0.3, -0.25) is 0 Å². The van der Waals surface area contributed by atoms with Crippen LogP contribution in [0.3, 0.4) is 0 Å². The van der Waals surface area contributed by atoms with Crippen LogP contribution < -0.4 is 4.74 Å². The van der Waals surface area contributed by atoms with Crippen LogP contribution in [-0.2, 0) is 0 Å². The predicted molar refractivity (Wildman–Crippen MR) is 75.5 cm³/mol. The van der Waals surface area contributed by atoms with E-state index in [2.05, 4.69) is 0 Å². The Hall–Kier alpha value is -0.0900. The molecule has 1 N–H and O–H groups in total. The fourth-order valence-corrected chi connectivity index (χ4v) is 2.48. The van der Waals surface area contributed by atoms with Crippen molar-refractivity contribution in [2.24, 2.45) is 5.92 Å². The summed E-state index contributed by atoms with van der Waals surface area (Å²) in [5.74, 6) is 2.81. The van der Waals surface area contributed by atoms with Crippen molar-refractivity contribution in [1.29, 1.82) is 0 Å². The van der Waals surface area contributed by atoms with Gasteiger partial charge in [0.05, 0.1) is 11.6 Å². The Balaban J connectivity index is 2.22. The summed E-state index contributed by atoms with van der Waals surface area (Å²) in [5, 5.41) is 10.00. The van der Waals surface area contributed by atoms with Crippen LogP contribution in [-0.4, -0.2) is 29.8 Å². The van der Waals surface area contributed by atoms with E-state index in [0.717, 1.165) is 11.5 Å². The first-order chi connectivity index (χ1) is 8.13. The van der Waals surface area contributed by atoms with E-state index >= 15 is 0 Å². The molecule has 17 heavy (non-hydrogen) atoms. The van der Waals surface area contributed by atoms with Crippen LogP contribution in [0.1, 0.15) is 6.92 Å². The maximum atomic E-state index is 8.86. The topological polar surface area (TPSA) is 29.5 Å². The van der Waals surface area contributed by atoms with Gasteiger partial charge in [-0.15, -0.1) is 0 Å². The molecule has 2 nitrogen and oxygen atoms in total. The Bertz CT molecular complexity index is 347. The molecule has 1 atom stereocenters. The number of hydrogen-bond acceptors (Lipinski definition) is 3. The molecule has 5 heteroatoms. The molecule has 0 aliphatic carbocycles. The Morgan fingerprint density at radius 2 is 2.18 bits per heavy atom. The summed E-state index contributed by atoms with van der Waals surface area (Å²) in [6, 6.07) is 5.19. The first-order valence-electron chi connectivity index (χ1n) is 5.40. The van der Waals surface area contributed by atoms with Crippen molar-refractivity contribution in [3.8, 4) is 5.75 Å². The van der Waals surface area contributed by atoms with E-state index in [4.69, 9.17) is 33.0 Å². The highest BCUT2D eigenvalue weighted by atomic mass is 35.5. The van der Waals surface area contributed by atoms with Crippen molar-refractivity contribution in [3.05, 3.63) is 28.2 Å². The van der Waals surface area contributed by atoms with E-state index in [1.165, 1.54) is 0 Å². The minimum Gasteiger partial charge on any atom is -0.491 e. The van der Waals surface area contributed by atoms with Gasteiger partial charge in [-0.25, -0.2) is 0 Å². The minimum atomic E-state index is 0.233. The van der Waals surface area contributed by atoms with Gasteiger partial charge in [0.15, 0.2) is 0 Å². The van der Waals surface area contributed by atoms with Crippen LogP contribution >= 0.6 is 35.0 Å². The lowest BCUT2D eigenvalue weighted by molar-refractivity contribution is 0.250. The monoisotopic (exact) mass is 294 g/mol. The number of rotatable bonds is 7. The molecule has 0 aromatic heterocycles. The van der Waals surface area contributed by atoms with Gasteiger partial charge in [-0.1, -0.05) is 30.1 Å². The molecule has 96 valence electrons. The number of halogens is 2. The molecule has 0 heterocycles. The summed E-state index contributed by atoms with van der Waals surface area (Å²) in [5.41, 5.74) is 0. The van der Waals surface area contributed by atoms with Crippen LogP contribution in [0.25, 0.3) is 0 Å². The Morgan fingerprint density at radius 3 is 2.82 bits per heavy atom. The SMILES string of the molecule is CC(CO)CSCCOc1ccc(Cl)cc1Cl. The highest BCUT2D eigenvalue weighted by Gasteiger charge is 2.03. The molecule has 0 bridgehead atoms. The molecule has 0 amide bonds. The predicted octanol–water partition coefficient (Wildman–Crippen LogP) is 3.73. The van der Waals surface area contributed by atoms with E-state index in [0.29, 0.717) is 28.3 Å². The number of aliphatic hydroxyl groups is 1. The summed E-state index contributed by atoms with van der Waals surface area (Å²) in [6.07, 6.45) is 0. The number of ether oxygens (including phenoxy) is 1. The molecule has 0 saturated carbocycles. The van der Waals surface area contributed by atoms with Crippen molar-refractivity contribution < 1.29 is 9.84 Å². The lowest BCUT2D eigenvalue weighted by Crippen LogP contribution is -2.07. The fourth-order valence-electron chi connectivity index (χ4n) is 1.14. The summed E-state index contributed by atoms with van der Waals surface area (Å²) >= 11 is 13.5. The molecule has 0 aliphatic heterocycles. The lowest BCUT2D eigenvalue weighted by atomic mass is 10.2. The molecule has 1 aromatic carbocycles. The van der Waals surface area contributed by atoms with E-state index < -0.39 is 0 Å². The van der Waals surface area contributed by atoms with Crippen LogP contribution in [0.15, 0.2) is 18.2 Å². The van der Waals surface area contributed by atoms with Gasteiger partial charge in [-0.2, -0.15) is 11.8 Å². The molecular formula is C12H16Cl2O2S. The fraction of sp³-hybridized carbons (Fsp3) is 0.500. The normalized spacial score (nSPS) is 12.5. The molecule has 0 saturated heterocycles. The molecule has 0 spiro atoms. The number of aliphatic hydroxyl groups excluding tert-OH is 1. The summed E-state index contributed by atoms with van der Waals surface area (Å²) < 4.78 is 5.53. The minimum absolute atomic E-state index is 0.233. The van der Waals surface area contributed by atoms with E-state index in [-0.39, 0.29) is 6.61 Å². The molecule has 1 rings (SSSR count). The first-order valence-corrected chi connectivity index (χ1v) is 7.31.